The van der Waals surface area contributed by atoms with Gasteiger partial charge in [0.05, 0.1) is 23.8 Å². The number of carbonyl (C=O) groups is 2. The van der Waals surface area contributed by atoms with Crippen LogP contribution in [0.15, 0.2) is 18.2 Å². The minimum Gasteiger partial charge on any atom is -0.508 e. The zero-order valence-corrected chi connectivity index (χ0v) is 15.0. The van der Waals surface area contributed by atoms with Gasteiger partial charge in [0.1, 0.15) is 23.0 Å². The molecule has 8 nitrogen and oxygen atoms in total. The average Bonchev–Trinajstić information content (AvgIpc) is 2.60. The Hall–Kier alpha value is -3.10. The zero-order chi connectivity index (χ0) is 20.7. The van der Waals surface area contributed by atoms with Crippen LogP contribution in [0.3, 0.4) is 0 Å². The maximum Gasteiger partial charge on any atom is 0.201 e. The summed E-state index contributed by atoms with van der Waals surface area (Å²) in [6.45, 7) is 1.09. The number of carbonyl (C=O) groups excluding carboxylic acids is 2. The smallest absolute Gasteiger partial charge is 0.201 e. The molecule has 0 amide bonds. The third-order valence-electron chi connectivity index (χ3n) is 4.93. The summed E-state index contributed by atoms with van der Waals surface area (Å²) in [6.07, 6.45) is -0.182. The first-order chi connectivity index (χ1) is 13.2. The maximum absolute atomic E-state index is 12.9. The van der Waals surface area contributed by atoms with Gasteiger partial charge in [0.15, 0.2) is 5.78 Å². The highest BCUT2D eigenvalue weighted by Crippen LogP contribution is 2.45. The van der Waals surface area contributed by atoms with Crippen molar-refractivity contribution in [1.82, 2.24) is 0 Å². The third-order valence-corrected chi connectivity index (χ3v) is 4.93. The largest absolute Gasteiger partial charge is 0.508 e. The van der Waals surface area contributed by atoms with Gasteiger partial charge in [-0.1, -0.05) is 0 Å². The van der Waals surface area contributed by atoms with Crippen LogP contribution >= 0.6 is 0 Å². The first-order valence-electron chi connectivity index (χ1n) is 8.70. The summed E-state index contributed by atoms with van der Waals surface area (Å²) in [7, 11) is 0. The predicted octanol–water partition coefficient (Wildman–Crippen LogP) is 1.52. The molecule has 0 fully saturated rings. The molecule has 0 bridgehead atoms. The highest BCUT2D eigenvalue weighted by Gasteiger charge is 2.37. The topological polar surface area (TPSA) is 156 Å². The molecule has 148 valence electrons. The summed E-state index contributed by atoms with van der Waals surface area (Å²) >= 11 is 0. The van der Waals surface area contributed by atoms with Gasteiger partial charge < -0.3 is 30.6 Å². The van der Waals surface area contributed by atoms with Crippen molar-refractivity contribution in [2.45, 2.75) is 31.8 Å². The number of phenols is 4. The summed E-state index contributed by atoms with van der Waals surface area (Å²) in [6, 6.07) is 2.96. The van der Waals surface area contributed by atoms with E-state index in [9.17, 15) is 40.2 Å². The Labute approximate surface area is 159 Å². The Morgan fingerprint density at radius 2 is 1.50 bits per heavy atom. The SMILES string of the molecule is C[C@H](O)CC[C@H](CO)c1c(O)cc2c(c1O)C(=O)c1c(O)cc(O)cc1C2=O. The van der Waals surface area contributed by atoms with Gasteiger partial charge in [-0.2, -0.15) is 0 Å². The lowest BCUT2D eigenvalue weighted by molar-refractivity contribution is 0.0973. The van der Waals surface area contributed by atoms with Gasteiger partial charge in [-0.3, -0.25) is 9.59 Å². The van der Waals surface area contributed by atoms with E-state index in [1.807, 2.05) is 0 Å². The van der Waals surface area contributed by atoms with E-state index in [-0.39, 0.29) is 40.7 Å². The van der Waals surface area contributed by atoms with E-state index >= 15 is 0 Å². The molecule has 1 aliphatic carbocycles. The monoisotopic (exact) mass is 388 g/mol. The molecule has 28 heavy (non-hydrogen) atoms. The average molecular weight is 388 g/mol. The summed E-state index contributed by atoms with van der Waals surface area (Å²) in [5.41, 5.74) is -1.36. The van der Waals surface area contributed by atoms with Gasteiger partial charge >= 0.3 is 0 Å². The van der Waals surface area contributed by atoms with Crippen molar-refractivity contribution in [2.24, 2.45) is 0 Å². The number of aliphatic hydroxyl groups excluding tert-OH is 2. The van der Waals surface area contributed by atoms with Crippen LogP contribution in [0.5, 0.6) is 23.0 Å². The summed E-state index contributed by atoms with van der Waals surface area (Å²) in [5.74, 6) is -4.53. The Balaban J connectivity index is 2.20. The van der Waals surface area contributed by atoms with Crippen molar-refractivity contribution < 1.29 is 40.2 Å². The van der Waals surface area contributed by atoms with Crippen LogP contribution in [0.25, 0.3) is 0 Å². The lowest BCUT2D eigenvalue weighted by Gasteiger charge is -2.24. The fourth-order valence-electron chi connectivity index (χ4n) is 3.55. The quantitative estimate of drug-likeness (QED) is 0.384. The number of ketones is 2. The molecule has 0 saturated carbocycles. The van der Waals surface area contributed by atoms with E-state index in [1.165, 1.54) is 0 Å². The van der Waals surface area contributed by atoms with Crippen molar-refractivity contribution in [3.8, 4) is 23.0 Å². The standard InChI is InChI=1S/C20H20O8/c1-8(22)2-3-9(7-21)15-14(25)6-12-17(19(15)27)20(28)16-11(18(12)26)4-10(23)5-13(16)24/h4-6,8-9,21-25,27H,2-3,7H2,1H3/t8-,9+/m0/s1. The van der Waals surface area contributed by atoms with Crippen LogP contribution in [0, 0.1) is 0 Å². The van der Waals surface area contributed by atoms with Crippen molar-refractivity contribution in [3.05, 3.63) is 46.0 Å². The van der Waals surface area contributed by atoms with E-state index in [0.29, 0.717) is 0 Å². The molecule has 3 rings (SSSR count). The maximum atomic E-state index is 12.9. The van der Waals surface area contributed by atoms with E-state index in [4.69, 9.17) is 0 Å². The molecule has 0 heterocycles. The Bertz CT molecular complexity index is 977. The van der Waals surface area contributed by atoms with Crippen LogP contribution in [0.2, 0.25) is 0 Å². The molecule has 0 unspecified atom stereocenters. The first-order valence-corrected chi connectivity index (χ1v) is 8.70. The van der Waals surface area contributed by atoms with E-state index in [0.717, 1.165) is 18.2 Å². The molecular weight excluding hydrogens is 368 g/mol. The van der Waals surface area contributed by atoms with Gasteiger partial charge in [0, 0.05) is 28.7 Å². The highest BCUT2D eigenvalue weighted by molar-refractivity contribution is 6.30. The second kappa shape index (κ2) is 7.14. The molecule has 1 aliphatic rings. The van der Waals surface area contributed by atoms with Crippen LogP contribution < -0.4 is 0 Å². The van der Waals surface area contributed by atoms with Crippen LogP contribution in [0.1, 0.15) is 63.1 Å². The fraction of sp³-hybridized carbons (Fsp3) is 0.300. The van der Waals surface area contributed by atoms with E-state index < -0.39 is 53.2 Å². The highest BCUT2D eigenvalue weighted by atomic mass is 16.3. The van der Waals surface area contributed by atoms with E-state index in [1.54, 1.807) is 6.92 Å². The van der Waals surface area contributed by atoms with Crippen molar-refractivity contribution in [1.29, 1.82) is 0 Å². The number of hydrogen-bond acceptors (Lipinski definition) is 8. The third kappa shape index (κ3) is 3.06. The zero-order valence-electron chi connectivity index (χ0n) is 15.0. The molecule has 0 spiro atoms. The number of aliphatic hydroxyl groups is 2. The number of hydrogen-bond donors (Lipinski definition) is 6. The minimum absolute atomic E-state index is 0.107. The molecular formula is C20H20O8. The summed E-state index contributed by atoms with van der Waals surface area (Å²) < 4.78 is 0. The normalized spacial score (nSPS) is 15.1. The van der Waals surface area contributed by atoms with Crippen molar-refractivity contribution >= 4 is 11.6 Å². The predicted molar refractivity (Wildman–Crippen MR) is 97.1 cm³/mol. The van der Waals surface area contributed by atoms with Crippen LogP contribution in [-0.2, 0) is 0 Å². The molecule has 0 aromatic heterocycles. The molecule has 0 saturated heterocycles. The van der Waals surface area contributed by atoms with Crippen LogP contribution in [-0.4, -0.2) is 54.9 Å². The van der Waals surface area contributed by atoms with Gasteiger partial charge in [0.25, 0.3) is 0 Å². The van der Waals surface area contributed by atoms with Crippen molar-refractivity contribution in [2.75, 3.05) is 6.61 Å². The Morgan fingerprint density at radius 1 is 0.857 bits per heavy atom. The van der Waals surface area contributed by atoms with Crippen LogP contribution in [0.4, 0.5) is 0 Å². The fourth-order valence-corrected chi connectivity index (χ4v) is 3.55. The summed E-state index contributed by atoms with van der Waals surface area (Å²) in [5, 5.41) is 59.9. The Kier molecular flexibility index (Phi) is 5.01. The van der Waals surface area contributed by atoms with Gasteiger partial charge in [-0.25, -0.2) is 0 Å². The van der Waals surface area contributed by atoms with Gasteiger partial charge in [-0.05, 0) is 31.9 Å². The molecule has 0 radical (unpaired) electrons. The molecule has 2 atom stereocenters. The molecule has 2 aromatic rings. The lowest BCUT2D eigenvalue weighted by Crippen LogP contribution is -2.22. The number of rotatable bonds is 5. The second-order valence-electron chi connectivity index (χ2n) is 6.93. The van der Waals surface area contributed by atoms with Gasteiger partial charge in [-0.15, -0.1) is 0 Å². The second-order valence-corrected chi connectivity index (χ2v) is 6.93. The lowest BCUT2D eigenvalue weighted by atomic mass is 9.79. The molecule has 0 aliphatic heterocycles. The Morgan fingerprint density at radius 3 is 2.11 bits per heavy atom. The van der Waals surface area contributed by atoms with E-state index in [2.05, 4.69) is 0 Å². The number of fused-ring (bicyclic) bond motifs is 2. The minimum atomic E-state index is -0.840. The number of aromatic hydroxyl groups is 4. The van der Waals surface area contributed by atoms with Crippen molar-refractivity contribution in [3.63, 3.8) is 0 Å². The summed E-state index contributed by atoms with van der Waals surface area (Å²) in [4.78, 5) is 25.7. The molecule has 8 heteroatoms. The first kappa shape index (κ1) is 19.7. The van der Waals surface area contributed by atoms with Gasteiger partial charge in [0.2, 0.25) is 5.78 Å². The number of benzene rings is 2. The number of phenolic OH excluding ortho intramolecular Hbond substituents is 4. The molecule has 2 aromatic carbocycles. The molecule has 6 N–H and O–H groups in total.